The number of nitrogens with one attached hydrogen (secondary N) is 2. The second-order valence-corrected chi connectivity index (χ2v) is 10.6. The van der Waals surface area contributed by atoms with Gasteiger partial charge in [-0.3, -0.25) is 9.59 Å². The molecule has 0 spiro atoms. The van der Waals surface area contributed by atoms with Gasteiger partial charge in [0.25, 0.3) is 5.91 Å². The highest BCUT2D eigenvalue weighted by Crippen LogP contribution is 2.43. The Bertz CT molecular complexity index is 940. The zero-order valence-corrected chi connectivity index (χ0v) is 21.2. The van der Waals surface area contributed by atoms with Crippen LogP contribution in [0.3, 0.4) is 0 Å². The summed E-state index contributed by atoms with van der Waals surface area (Å²) in [5.41, 5.74) is -0.399. The summed E-state index contributed by atoms with van der Waals surface area (Å²) in [6.45, 7) is 8.04. The number of aromatic nitrogens is 2. The third-order valence-electron chi connectivity index (χ3n) is 6.78. The molecule has 0 aromatic carbocycles. The number of aliphatic carboxylic acids is 1. The van der Waals surface area contributed by atoms with E-state index in [1.54, 1.807) is 26.1 Å². The lowest BCUT2D eigenvalue weighted by molar-refractivity contribution is -0.145. The Labute approximate surface area is 206 Å². The van der Waals surface area contributed by atoms with E-state index >= 15 is 0 Å². The van der Waals surface area contributed by atoms with Crippen molar-refractivity contribution in [3.8, 4) is 5.88 Å². The number of ether oxygens (including phenoxy) is 2. The number of hydrogen-bond donors (Lipinski definition) is 3. The minimum atomic E-state index is -0.742. The average Bonchev–Trinajstić information content (AvgIpc) is 3.18. The van der Waals surface area contributed by atoms with Crippen LogP contribution in [0.25, 0.3) is 6.20 Å². The first-order chi connectivity index (χ1) is 16.5. The van der Waals surface area contributed by atoms with Gasteiger partial charge in [0.15, 0.2) is 0 Å². The Balaban J connectivity index is 1.80. The quantitative estimate of drug-likeness (QED) is 0.482. The third-order valence-corrected chi connectivity index (χ3v) is 6.78. The van der Waals surface area contributed by atoms with Crippen molar-refractivity contribution in [2.24, 2.45) is 23.7 Å². The predicted octanol–water partition coefficient (Wildman–Crippen LogP) is 3.53. The van der Waals surface area contributed by atoms with Crippen LogP contribution < -0.4 is 15.4 Å². The largest absolute Gasteiger partial charge is 0.481 e. The normalized spacial score (nSPS) is 24.3. The van der Waals surface area contributed by atoms with Crippen molar-refractivity contribution in [3.05, 3.63) is 17.8 Å². The van der Waals surface area contributed by atoms with Gasteiger partial charge in [-0.05, 0) is 63.4 Å². The summed E-state index contributed by atoms with van der Waals surface area (Å²) in [5.74, 6) is -0.467. The van der Waals surface area contributed by atoms with Gasteiger partial charge in [0.1, 0.15) is 5.56 Å². The molecule has 2 fully saturated rings. The molecule has 3 rings (SSSR count). The molecule has 0 radical (unpaired) electrons. The van der Waals surface area contributed by atoms with Crippen LogP contribution in [0.5, 0.6) is 5.88 Å². The molecule has 35 heavy (non-hydrogen) atoms. The van der Waals surface area contributed by atoms with Crippen LogP contribution >= 0.6 is 0 Å². The molecule has 2 aliphatic carbocycles. The molecule has 1 aromatic rings. The minimum absolute atomic E-state index is 0.0492. The topological polar surface area (TPSA) is 132 Å². The number of nitrogens with zero attached hydrogens (tertiary/aromatic N) is 2. The van der Waals surface area contributed by atoms with Crippen LogP contribution in [-0.2, 0) is 9.53 Å². The van der Waals surface area contributed by atoms with Gasteiger partial charge in [0.2, 0.25) is 5.88 Å². The lowest BCUT2D eigenvalue weighted by atomic mass is 9.64. The fourth-order valence-electron chi connectivity index (χ4n) is 5.02. The Morgan fingerprint density at radius 2 is 1.91 bits per heavy atom. The van der Waals surface area contributed by atoms with Gasteiger partial charge in [-0.15, -0.1) is 0 Å². The molecule has 3 N–H and O–H groups in total. The number of carboxylic acid groups (broad SMARTS) is 1. The summed E-state index contributed by atoms with van der Waals surface area (Å²) in [7, 11) is 1.30. The second kappa shape index (κ2) is 11.1. The molecule has 0 aliphatic heterocycles. The monoisotopic (exact) mass is 490 g/mol. The molecule has 2 saturated carbocycles. The lowest BCUT2D eigenvalue weighted by Crippen LogP contribution is -2.52. The molecule has 10 nitrogen and oxygen atoms in total. The van der Waals surface area contributed by atoms with Crippen molar-refractivity contribution in [2.75, 3.05) is 13.7 Å². The molecule has 2 amide bonds. The molecule has 0 saturated heterocycles. The van der Waals surface area contributed by atoms with E-state index in [2.05, 4.69) is 20.5 Å². The van der Waals surface area contributed by atoms with Gasteiger partial charge in [-0.1, -0.05) is 20.3 Å². The lowest BCUT2D eigenvalue weighted by Gasteiger charge is -2.45. The number of fused-ring (bicyclic) bond motifs is 2. The number of carboxylic acids is 1. The minimum Gasteiger partial charge on any atom is -0.481 e. The second-order valence-electron chi connectivity index (χ2n) is 10.6. The van der Waals surface area contributed by atoms with E-state index in [1.807, 2.05) is 13.8 Å². The number of amides is 2. The molecule has 2 aliphatic rings. The highest BCUT2D eigenvalue weighted by atomic mass is 16.5. The first kappa shape index (κ1) is 26.6. The highest BCUT2D eigenvalue weighted by molar-refractivity contribution is 5.96. The van der Waals surface area contributed by atoms with Crippen LogP contribution in [0.4, 0.5) is 4.79 Å². The number of carbonyl (C=O) groups excluding carboxylic acids is 2. The number of hydrogen-bond acceptors (Lipinski definition) is 6. The molecule has 2 atom stereocenters. The maximum atomic E-state index is 13.4. The maximum absolute atomic E-state index is 13.4. The van der Waals surface area contributed by atoms with Crippen molar-refractivity contribution in [1.29, 1.82) is 0 Å². The summed E-state index contributed by atoms with van der Waals surface area (Å²) in [6.07, 6.45) is 8.41. The van der Waals surface area contributed by atoms with Crippen LogP contribution in [-0.4, -0.2) is 58.2 Å². The standard InChI is InChI=1S/C25H38N4O6/c1-15(2)14-35-22-19(13-26-29(22)10-9-25(3,4)28-24(33)34-5)21(30)27-20-16-7-6-8-17(20)12-18(11-16)23(31)32/h9-10,13,15-18,20H,6-8,11-12,14H2,1-5H3,(H,27,30)(H,28,33)(H,31,32). The van der Waals surface area contributed by atoms with Crippen LogP contribution in [0.15, 0.2) is 12.3 Å². The summed E-state index contributed by atoms with van der Waals surface area (Å²) in [5, 5.41) is 19.7. The van der Waals surface area contributed by atoms with Crippen molar-refractivity contribution < 1.29 is 29.0 Å². The van der Waals surface area contributed by atoms with E-state index in [0.717, 1.165) is 19.3 Å². The molecule has 2 bridgehead atoms. The Kier molecular flexibility index (Phi) is 8.45. The van der Waals surface area contributed by atoms with E-state index in [-0.39, 0.29) is 35.6 Å². The van der Waals surface area contributed by atoms with Crippen molar-refractivity contribution in [1.82, 2.24) is 20.4 Å². The van der Waals surface area contributed by atoms with Crippen LogP contribution in [0.1, 0.15) is 70.2 Å². The molecule has 194 valence electrons. The molecule has 1 aromatic heterocycles. The van der Waals surface area contributed by atoms with Crippen molar-refractivity contribution in [2.45, 2.75) is 71.4 Å². The van der Waals surface area contributed by atoms with E-state index in [9.17, 15) is 19.5 Å². The average molecular weight is 491 g/mol. The Morgan fingerprint density at radius 1 is 1.26 bits per heavy atom. The number of methoxy groups -OCH3 is 1. The number of carbonyl (C=O) groups is 3. The van der Waals surface area contributed by atoms with Gasteiger partial charge in [-0.25, -0.2) is 9.48 Å². The van der Waals surface area contributed by atoms with E-state index in [4.69, 9.17) is 4.74 Å². The molecule has 10 heteroatoms. The van der Waals surface area contributed by atoms with Crippen LogP contribution in [0, 0.1) is 23.7 Å². The molecule has 2 unspecified atom stereocenters. The Morgan fingerprint density at radius 3 is 2.49 bits per heavy atom. The van der Waals surface area contributed by atoms with Crippen molar-refractivity contribution in [3.63, 3.8) is 0 Å². The highest BCUT2D eigenvalue weighted by Gasteiger charge is 2.43. The van der Waals surface area contributed by atoms with Crippen molar-refractivity contribution >= 4 is 24.2 Å². The first-order valence-corrected chi connectivity index (χ1v) is 12.3. The molecular formula is C25H38N4O6. The summed E-state index contributed by atoms with van der Waals surface area (Å²) < 4.78 is 12.1. The summed E-state index contributed by atoms with van der Waals surface area (Å²) >= 11 is 0. The van der Waals surface area contributed by atoms with E-state index in [1.165, 1.54) is 18.0 Å². The maximum Gasteiger partial charge on any atom is 0.407 e. The zero-order chi connectivity index (χ0) is 25.8. The van der Waals surface area contributed by atoms with Crippen LogP contribution in [0.2, 0.25) is 0 Å². The van der Waals surface area contributed by atoms with E-state index < -0.39 is 17.6 Å². The van der Waals surface area contributed by atoms with Gasteiger partial charge in [-0.2, -0.15) is 5.10 Å². The van der Waals surface area contributed by atoms with Gasteiger partial charge in [0.05, 0.1) is 31.4 Å². The fraction of sp³-hybridized carbons (Fsp3) is 0.680. The summed E-state index contributed by atoms with van der Waals surface area (Å²) in [4.78, 5) is 36.5. The van der Waals surface area contributed by atoms with Gasteiger partial charge in [0, 0.05) is 12.2 Å². The zero-order valence-electron chi connectivity index (χ0n) is 21.2. The molecule has 1 heterocycles. The SMILES string of the molecule is COC(=O)NC(C)(C)C=Cn1ncc(C(=O)NC2C3CCCC2CC(C(=O)O)C3)c1OCC(C)C. The summed E-state index contributed by atoms with van der Waals surface area (Å²) in [6, 6.07) is -0.0492. The predicted molar refractivity (Wildman–Crippen MR) is 130 cm³/mol. The molecular weight excluding hydrogens is 452 g/mol. The fourth-order valence-corrected chi connectivity index (χ4v) is 5.02. The smallest absolute Gasteiger partial charge is 0.407 e. The third kappa shape index (κ3) is 6.76. The number of rotatable bonds is 9. The van der Waals surface area contributed by atoms with Gasteiger partial charge >= 0.3 is 12.1 Å². The van der Waals surface area contributed by atoms with E-state index in [0.29, 0.717) is 30.9 Å². The Hall–Kier alpha value is -3.04. The first-order valence-electron chi connectivity index (χ1n) is 12.3. The number of alkyl carbamates (subject to hydrolysis) is 1. The van der Waals surface area contributed by atoms with Gasteiger partial charge < -0.3 is 25.2 Å².